The van der Waals surface area contributed by atoms with Gasteiger partial charge in [-0.3, -0.25) is 4.79 Å². The second kappa shape index (κ2) is 10.2. The summed E-state index contributed by atoms with van der Waals surface area (Å²) in [6, 6.07) is 13.5. The Hall–Kier alpha value is -3.19. The number of nitrogens with zero attached hydrogens (tertiary/aromatic N) is 3. The molecule has 2 aromatic carbocycles. The van der Waals surface area contributed by atoms with Crippen LogP contribution in [0.15, 0.2) is 48.5 Å². The van der Waals surface area contributed by atoms with E-state index in [1.54, 1.807) is 18.2 Å². The topological polar surface area (TPSA) is 70.2 Å². The molecule has 0 saturated carbocycles. The SMILES string of the molecule is CCN(CC)c1cc(Nc2ccc(NC(=O)Cc3c(F)cccc3Cl)cc2)nc(C)n1. The summed E-state index contributed by atoms with van der Waals surface area (Å²) in [5.41, 5.74) is 1.60. The van der Waals surface area contributed by atoms with Crippen LogP contribution in [0.25, 0.3) is 0 Å². The average Bonchev–Trinajstić information content (AvgIpc) is 2.73. The smallest absolute Gasteiger partial charge is 0.228 e. The van der Waals surface area contributed by atoms with Crippen molar-refractivity contribution in [1.82, 2.24) is 9.97 Å². The molecule has 0 aliphatic carbocycles. The van der Waals surface area contributed by atoms with Gasteiger partial charge in [0.1, 0.15) is 23.3 Å². The molecule has 31 heavy (non-hydrogen) atoms. The first-order valence-corrected chi connectivity index (χ1v) is 10.5. The molecule has 1 amide bonds. The van der Waals surface area contributed by atoms with Gasteiger partial charge in [-0.15, -0.1) is 0 Å². The lowest BCUT2D eigenvalue weighted by Crippen LogP contribution is -2.23. The fourth-order valence-corrected chi connectivity index (χ4v) is 3.41. The zero-order valence-electron chi connectivity index (χ0n) is 17.7. The van der Waals surface area contributed by atoms with Crippen LogP contribution in [-0.2, 0) is 11.2 Å². The molecular weight excluding hydrogens is 417 g/mol. The zero-order chi connectivity index (χ0) is 22.4. The van der Waals surface area contributed by atoms with Crippen molar-refractivity contribution in [3.05, 3.63) is 70.8 Å². The maximum Gasteiger partial charge on any atom is 0.228 e. The Kier molecular flexibility index (Phi) is 7.41. The highest BCUT2D eigenvalue weighted by atomic mass is 35.5. The molecule has 0 spiro atoms. The highest BCUT2D eigenvalue weighted by Crippen LogP contribution is 2.23. The third kappa shape index (κ3) is 5.92. The molecule has 162 valence electrons. The molecule has 0 radical (unpaired) electrons. The summed E-state index contributed by atoms with van der Waals surface area (Å²) in [6.45, 7) is 7.75. The average molecular weight is 442 g/mol. The molecule has 0 saturated heterocycles. The van der Waals surface area contributed by atoms with Crippen molar-refractivity contribution in [3.63, 3.8) is 0 Å². The van der Waals surface area contributed by atoms with Crippen LogP contribution in [0, 0.1) is 12.7 Å². The van der Waals surface area contributed by atoms with E-state index in [1.165, 1.54) is 12.1 Å². The van der Waals surface area contributed by atoms with Gasteiger partial charge in [0.15, 0.2) is 0 Å². The lowest BCUT2D eigenvalue weighted by molar-refractivity contribution is -0.115. The molecule has 0 aliphatic rings. The summed E-state index contributed by atoms with van der Waals surface area (Å²) in [7, 11) is 0. The molecular formula is C23H25ClFN5O. The van der Waals surface area contributed by atoms with Gasteiger partial charge >= 0.3 is 0 Å². The van der Waals surface area contributed by atoms with Gasteiger partial charge in [-0.2, -0.15) is 0 Å². The van der Waals surface area contributed by atoms with E-state index >= 15 is 0 Å². The first kappa shape index (κ1) is 22.5. The van der Waals surface area contributed by atoms with Crippen molar-refractivity contribution in [3.8, 4) is 0 Å². The van der Waals surface area contributed by atoms with Crippen LogP contribution in [0.3, 0.4) is 0 Å². The van der Waals surface area contributed by atoms with Gasteiger partial charge < -0.3 is 15.5 Å². The summed E-state index contributed by atoms with van der Waals surface area (Å²) in [6.07, 6.45) is -0.139. The Morgan fingerprint density at radius 3 is 2.39 bits per heavy atom. The number of aryl methyl sites for hydroxylation is 1. The summed E-state index contributed by atoms with van der Waals surface area (Å²) in [4.78, 5) is 23.4. The summed E-state index contributed by atoms with van der Waals surface area (Å²) < 4.78 is 13.9. The van der Waals surface area contributed by atoms with Crippen molar-refractivity contribution < 1.29 is 9.18 Å². The highest BCUT2D eigenvalue weighted by Gasteiger charge is 2.12. The summed E-state index contributed by atoms with van der Waals surface area (Å²) in [5.74, 6) is 1.41. The second-order valence-corrected chi connectivity index (χ2v) is 7.37. The van der Waals surface area contributed by atoms with Crippen LogP contribution in [-0.4, -0.2) is 29.0 Å². The quantitative estimate of drug-likeness (QED) is 0.493. The van der Waals surface area contributed by atoms with Gasteiger partial charge in [-0.1, -0.05) is 17.7 Å². The molecule has 3 aromatic rings. The fourth-order valence-electron chi connectivity index (χ4n) is 3.18. The van der Waals surface area contributed by atoms with Crippen molar-refractivity contribution in [2.24, 2.45) is 0 Å². The fraction of sp³-hybridized carbons (Fsp3) is 0.261. The molecule has 3 rings (SSSR count). The Balaban J connectivity index is 1.66. The number of hydrogen-bond acceptors (Lipinski definition) is 5. The number of carbonyl (C=O) groups is 1. The zero-order valence-corrected chi connectivity index (χ0v) is 18.5. The number of rotatable bonds is 8. The first-order valence-electron chi connectivity index (χ1n) is 10.1. The van der Waals surface area contributed by atoms with Crippen LogP contribution >= 0.6 is 11.6 Å². The number of anilines is 4. The monoisotopic (exact) mass is 441 g/mol. The number of halogens is 2. The maximum absolute atomic E-state index is 13.9. The summed E-state index contributed by atoms with van der Waals surface area (Å²) >= 11 is 5.99. The minimum absolute atomic E-state index is 0.139. The van der Waals surface area contributed by atoms with E-state index in [2.05, 4.69) is 39.3 Å². The highest BCUT2D eigenvalue weighted by molar-refractivity contribution is 6.31. The lowest BCUT2D eigenvalue weighted by atomic mass is 10.1. The van der Waals surface area contributed by atoms with E-state index in [9.17, 15) is 9.18 Å². The second-order valence-electron chi connectivity index (χ2n) is 6.96. The first-order chi connectivity index (χ1) is 14.9. The van der Waals surface area contributed by atoms with Gasteiger partial charge in [-0.05, 0) is 57.2 Å². The molecule has 8 heteroatoms. The predicted octanol–water partition coefficient (Wildman–Crippen LogP) is 5.35. The minimum Gasteiger partial charge on any atom is -0.357 e. The third-order valence-corrected chi connectivity index (χ3v) is 5.11. The Bertz CT molecular complexity index is 1030. The van der Waals surface area contributed by atoms with Crippen molar-refractivity contribution in [1.29, 1.82) is 0 Å². The van der Waals surface area contributed by atoms with Crippen LogP contribution in [0.5, 0.6) is 0 Å². The van der Waals surface area contributed by atoms with Crippen LogP contribution in [0.4, 0.5) is 27.4 Å². The number of carbonyl (C=O) groups excluding carboxylic acids is 1. The van der Waals surface area contributed by atoms with Gasteiger partial charge in [0.25, 0.3) is 0 Å². The predicted molar refractivity (Wildman–Crippen MR) is 124 cm³/mol. The van der Waals surface area contributed by atoms with Gasteiger partial charge in [0, 0.05) is 41.1 Å². The molecule has 1 heterocycles. The van der Waals surface area contributed by atoms with Crippen molar-refractivity contribution in [2.75, 3.05) is 28.6 Å². The summed E-state index contributed by atoms with van der Waals surface area (Å²) in [5, 5.41) is 6.26. The van der Waals surface area contributed by atoms with Crippen LogP contribution in [0.2, 0.25) is 5.02 Å². The molecule has 0 atom stereocenters. The molecule has 2 N–H and O–H groups in total. The minimum atomic E-state index is -0.494. The number of amides is 1. The number of nitrogens with one attached hydrogen (secondary N) is 2. The molecule has 0 bridgehead atoms. The van der Waals surface area contributed by atoms with E-state index in [-0.39, 0.29) is 22.9 Å². The number of aromatic nitrogens is 2. The Morgan fingerprint density at radius 1 is 1.06 bits per heavy atom. The van der Waals surface area contributed by atoms with Gasteiger partial charge in [-0.25, -0.2) is 14.4 Å². The van der Waals surface area contributed by atoms with Crippen molar-refractivity contribution in [2.45, 2.75) is 27.2 Å². The lowest BCUT2D eigenvalue weighted by Gasteiger charge is -2.20. The molecule has 1 aromatic heterocycles. The molecule has 0 unspecified atom stereocenters. The molecule has 0 aliphatic heterocycles. The standard InChI is InChI=1S/C23H25ClFN5O/c1-4-30(5-2)22-14-21(26-15(3)27-22)28-16-9-11-17(12-10-16)29-23(31)13-18-19(24)7-6-8-20(18)25/h6-12,14H,4-5,13H2,1-3H3,(H,29,31)(H,26,27,28). The van der Waals surface area contributed by atoms with Gasteiger partial charge in [0.2, 0.25) is 5.91 Å². The van der Waals surface area contributed by atoms with E-state index < -0.39 is 5.82 Å². The normalized spacial score (nSPS) is 10.6. The molecule has 6 nitrogen and oxygen atoms in total. The van der Waals surface area contributed by atoms with Crippen LogP contribution < -0.4 is 15.5 Å². The Labute approximate surface area is 186 Å². The maximum atomic E-state index is 13.9. The number of hydrogen-bond donors (Lipinski definition) is 2. The largest absolute Gasteiger partial charge is 0.357 e. The van der Waals surface area contributed by atoms with E-state index in [4.69, 9.17) is 11.6 Å². The van der Waals surface area contributed by atoms with Crippen LogP contribution in [0.1, 0.15) is 25.2 Å². The molecule has 0 fully saturated rings. The third-order valence-electron chi connectivity index (χ3n) is 4.75. The van der Waals surface area contributed by atoms with E-state index in [1.807, 2.05) is 25.1 Å². The Morgan fingerprint density at radius 2 is 1.74 bits per heavy atom. The van der Waals surface area contributed by atoms with E-state index in [0.29, 0.717) is 17.3 Å². The van der Waals surface area contributed by atoms with Gasteiger partial charge in [0.05, 0.1) is 6.42 Å². The number of benzene rings is 2. The van der Waals surface area contributed by atoms with E-state index in [0.717, 1.165) is 24.6 Å². The van der Waals surface area contributed by atoms with Crippen molar-refractivity contribution >= 4 is 40.5 Å².